The number of carbonyl (C=O) groups excluding carboxylic acids is 2. The first-order chi connectivity index (χ1) is 13.5. The highest BCUT2D eigenvalue weighted by Crippen LogP contribution is 2.11. The molecule has 0 saturated heterocycles. The van der Waals surface area contributed by atoms with E-state index >= 15 is 0 Å². The second kappa shape index (κ2) is 8.66. The van der Waals surface area contributed by atoms with Crippen molar-refractivity contribution >= 4 is 29.8 Å². The van der Waals surface area contributed by atoms with Gasteiger partial charge in [0, 0.05) is 24.5 Å². The molecule has 3 aromatic rings. The number of anilines is 1. The van der Waals surface area contributed by atoms with Crippen molar-refractivity contribution in [1.82, 2.24) is 19.1 Å². The molecule has 0 fully saturated rings. The highest BCUT2D eigenvalue weighted by molar-refractivity contribution is 7.71. The summed E-state index contributed by atoms with van der Waals surface area (Å²) in [5.41, 5.74) is 1.00. The molecule has 0 bridgehead atoms. The topological polar surface area (TPSA) is 83.1 Å². The third-order valence-corrected chi connectivity index (χ3v) is 4.38. The van der Waals surface area contributed by atoms with E-state index in [-0.39, 0.29) is 12.5 Å². The number of esters is 1. The molecule has 0 aliphatic carbocycles. The molecule has 0 aliphatic rings. The van der Waals surface area contributed by atoms with Gasteiger partial charge in [0.15, 0.2) is 5.82 Å². The number of hydrogen-bond acceptors (Lipinski definition) is 5. The fraction of sp³-hybridized carbons (Fsp3) is 0.263. The molecule has 0 unspecified atom stereocenters. The van der Waals surface area contributed by atoms with Gasteiger partial charge >= 0.3 is 5.97 Å². The lowest BCUT2D eigenvalue weighted by molar-refractivity contribution is -0.116. The van der Waals surface area contributed by atoms with Gasteiger partial charge in [0.25, 0.3) is 0 Å². The number of rotatable bonds is 7. The molecule has 9 heteroatoms. The van der Waals surface area contributed by atoms with Gasteiger partial charge in [0.05, 0.1) is 12.2 Å². The van der Waals surface area contributed by atoms with Crippen molar-refractivity contribution in [2.24, 2.45) is 0 Å². The van der Waals surface area contributed by atoms with E-state index in [0.717, 1.165) is 5.82 Å². The summed E-state index contributed by atoms with van der Waals surface area (Å²) in [6.45, 7) is 4.03. The molecular weight excluding hydrogens is 378 g/mol. The number of benzene rings is 1. The predicted octanol–water partition coefficient (Wildman–Crippen LogP) is 2.90. The van der Waals surface area contributed by atoms with Crippen molar-refractivity contribution in [3.05, 3.63) is 65.0 Å². The van der Waals surface area contributed by atoms with E-state index in [1.807, 2.05) is 36.1 Å². The van der Waals surface area contributed by atoms with Gasteiger partial charge < -0.3 is 10.1 Å². The minimum atomic E-state index is -0.394. The zero-order valence-corrected chi connectivity index (χ0v) is 16.5. The van der Waals surface area contributed by atoms with E-state index in [1.165, 1.54) is 4.68 Å². The highest BCUT2D eigenvalue weighted by atomic mass is 32.1. The number of ether oxygens (including phenoxy) is 1. The van der Waals surface area contributed by atoms with Gasteiger partial charge in [-0.15, -0.1) is 0 Å². The number of nitrogens with one attached hydrogen (secondary N) is 1. The molecule has 2 aromatic heterocycles. The van der Waals surface area contributed by atoms with Gasteiger partial charge in [0.2, 0.25) is 10.7 Å². The summed E-state index contributed by atoms with van der Waals surface area (Å²) in [7, 11) is 0. The maximum absolute atomic E-state index is 12.4. The normalized spacial score (nSPS) is 10.6. The van der Waals surface area contributed by atoms with Crippen LogP contribution in [0.1, 0.15) is 30.0 Å². The van der Waals surface area contributed by atoms with Crippen molar-refractivity contribution in [3.8, 4) is 0 Å². The molecule has 1 amide bonds. The van der Waals surface area contributed by atoms with Crippen LogP contribution in [0.4, 0.5) is 5.69 Å². The van der Waals surface area contributed by atoms with E-state index < -0.39 is 5.97 Å². The van der Waals surface area contributed by atoms with Crippen LogP contribution in [0, 0.1) is 4.77 Å². The Morgan fingerprint density at radius 3 is 2.43 bits per heavy atom. The summed E-state index contributed by atoms with van der Waals surface area (Å²) in [5, 5.41) is 7.24. The molecule has 1 N–H and O–H groups in total. The van der Waals surface area contributed by atoms with E-state index in [9.17, 15) is 9.59 Å². The van der Waals surface area contributed by atoms with Crippen LogP contribution in [-0.4, -0.2) is 37.6 Å². The van der Waals surface area contributed by atoms with Gasteiger partial charge in [-0.25, -0.2) is 14.2 Å². The smallest absolute Gasteiger partial charge is 0.338 e. The summed E-state index contributed by atoms with van der Waals surface area (Å²) in [6, 6.07) is 10.3. The predicted molar refractivity (Wildman–Crippen MR) is 107 cm³/mol. The summed E-state index contributed by atoms with van der Waals surface area (Å²) >= 11 is 5.49. The molecule has 3 rings (SSSR count). The van der Waals surface area contributed by atoms with Crippen LogP contribution in [0.2, 0.25) is 0 Å². The largest absolute Gasteiger partial charge is 0.462 e. The number of carbonyl (C=O) groups is 2. The third kappa shape index (κ3) is 4.20. The Morgan fingerprint density at radius 1 is 1.14 bits per heavy atom. The molecule has 0 aliphatic heterocycles. The number of aromatic nitrogens is 4. The van der Waals surface area contributed by atoms with Crippen LogP contribution in [0.3, 0.4) is 0 Å². The quantitative estimate of drug-likeness (QED) is 0.488. The van der Waals surface area contributed by atoms with Crippen molar-refractivity contribution in [2.45, 2.75) is 26.8 Å². The van der Waals surface area contributed by atoms with Crippen molar-refractivity contribution < 1.29 is 14.3 Å². The first-order valence-electron chi connectivity index (χ1n) is 8.92. The first-order valence-corrected chi connectivity index (χ1v) is 9.33. The van der Waals surface area contributed by atoms with Gasteiger partial charge in [-0.1, -0.05) is 6.92 Å². The van der Waals surface area contributed by atoms with Gasteiger partial charge in [0.1, 0.15) is 6.54 Å². The van der Waals surface area contributed by atoms with Crippen LogP contribution in [0.25, 0.3) is 0 Å². The van der Waals surface area contributed by atoms with Gasteiger partial charge in [-0.05, 0) is 55.5 Å². The maximum Gasteiger partial charge on any atom is 0.338 e. The zero-order valence-electron chi connectivity index (χ0n) is 15.7. The van der Waals surface area contributed by atoms with E-state index in [0.29, 0.717) is 29.0 Å². The molecule has 0 spiro atoms. The number of amides is 1. The van der Waals surface area contributed by atoms with E-state index in [4.69, 9.17) is 17.0 Å². The summed E-state index contributed by atoms with van der Waals surface area (Å²) in [4.78, 5) is 24.1. The number of nitrogens with zero attached hydrogens (tertiary/aromatic N) is 4. The standard InChI is InChI=1S/C19H21N5O3S/c1-3-16-21-23(19(28)24(16)22-11-5-6-12-22)13-17(25)20-15-9-7-14(8-10-15)18(26)27-4-2/h5-12H,3-4,13H2,1-2H3,(H,20,25). The Kier molecular flexibility index (Phi) is 6.05. The average Bonchev–Trinajstić information content (AvgIpc) is 3.30. The fourth-order valence-electron chi connectivity index (χ4n) is 2.70. The second-order valence-corrected chi connectivity index (χ2v) is 6.30. The summed E-state index contributed by atoms with van der Waals surface area (Å²) in [6.07, 6.45) is 4.41. The second-order valence-electron chi connectivity index (χ2n) is 5.93. The average molecular weight is 399 g/mol. The minimum absolute atomic E-state index is 0.0142. The molecule has 146 valence electrons. The summed E-state index contributed by atoms with van der Waals surface area (Å²) < 4.78 is 10.5. The van der Waals surface area contributed by atoms with Gasteiger partial charge in [-0.2, -0.15) is 5.10 Å². The molecule has 0 radical (unpaired) electrons. The first kappa shape index (κ1) is 19.6. The molecule has 28 heavy (non-hydrogen) atoms. The number of hydrogen-bond donors (Lipinski definition) is 1. The lowest BCUT2D eigenvalue weighted by Crippen LogP contribution is -2.20. The Morgan fingerprint density at radius 2 is 1.82 bits per heavy atom. The third-order valence-electron chi connectivity index (χ3n) is 3.99. The molecule has 1 aromatic carbocycles. The molecule has 8 nitrogen and oxygen atoms in total. The van der Waals surface area contributed by atoms with Crippen molar-refractivity contribution in [1.29, 1.82) is 0 Å². The Hall–Kier alpha value is -3.20. The van der Waals surface area contributed by atoms with Crippen LogP contribution in [0.5, 0.6) is 0 Å². The fourth-order valence-corrected chi connectivity index (χ4v) is 3.00. The van der Waals surface area contributed by atoms with E-state index in [1.54, 1.807) is 35.9 Å². The monoisotopic (exact) mass is 399 g/mol. The Labute approximate surface area is 167 Å². The minimum Gasteiger partial charge on any atom is -0.462 e. The van der Waals surface area contributed by atoms with Crippen LogP contribution >= 0.6 is 12.2 Å². The molecule has 0 atom stereocenters. The Bertz CT molecular complexity index is 1020. The molecule has 2 heterocycles. The van der Waals surface area contributed by atoms with Crippen molar-refractivity contribution in [2.75, 3.05) is 11.9 Å². The van der Waals surface area contributed by atoms with Crippen LogP contribution < -0.4 is 5.32 Å². The van der Waals surface area contributed by atoms with Gasteiger partial charge in [-0.3, -0.25) is 9.47 Å². The SMILES string of the molecule is CCOC(=O)c1ccc(NC(=O)Cn2nc(CC)n(-n3cccc3)c2=S)cc1. The van der Waals surface area contributed by atoms with Crippen LogP contribution in [-0.2, 0) is 22.5 Å². The highest BCUT2D eigenvalue weighted by Gasteiger charge is 2.13. The number of aryl methyl sites for hydroxylation is 1. The van der Waals surface area contributed by atoms with Crippen molar-refractivity contribution in [3.63, 3.8) is 0 Å². The van der Waals surface area contributed by atoms with E-state index in [2.05, 4.69) is 10.4 Å². The molecule has 0 saturated carbocycles. The zero-order chi connectivity index (χ0) is 20.1. The lowest BCUT2D eigenvalue weighted by atomic mass is 10.2. The lowest BCUT2D eigenvalue weighted by Gasteiger charge is -2.07. The molecular formula is C19H21N5O3S. The Balaban J connectivity index is 1.72. The summed E-state index contributed by atoms with van der Waals surface area (Å²) in [5.74, 6) is 0.0990. The maximum atomic E-state index is 12.4. The van der Waals surface area contributed by atoms with Crippen LogP contribution in [0.15, 0.2) is 48.8 Å².